The lowest BCUT2D eigenvalue weighted by Crippen LogP contribution is -2.30. The Morgan fingerprint density at radius 1 is 0.355 bits per heavy atom. The fraction of sp³-hybridized carbons (Fsp3) is 0.0714. The maximum Gasteiger partial charge on any atom is 0.194 e. The molecule has 0 saturated carbocycles. The van der Waals surface area contributed by atoms with Gasteiger partial charge < -0.3 is 0 Å². The van der Waals surface area contributed by atoms with Crippen LogP contribution in [-0.4, -0.2) is 11.6 Å². The maximum atomic E-state index is 14.1. The first-order chi connectivity index (χ1) is 45.3. The van der Waals surface area contributed by atoms with Gasteiger partial charge in [0.2, 0.25) is 0 Å². The van der Waals surface area contributed by atoms with Crippen molar-refractivity contribution in [1.29, 1.82) is 21.0 Å². The molecule has 4 aliphatic rings. The van der Waals surface area contributed by atoms with E-state index >= 15 is 0 Å². The Balaban J connectivity index is 0.906. The van der Waals surface area contributed by atoms with Crippen LogP contribution in [0.25, 0.3) is 75.8 Å². The van der Waals surface area contributed by atoms with Gasteiger partial charge in [0.05, 0.1) is 10.8 Å². The van der Waals surface area contributed by atoms with E-state index in [0.717, 1.165) is 90.1 Å². The van der Waals surface area contributed by atoms with Crippen LogP contribution in [0.15, 0.2) is 241 Å². The molecule has 12 aromatic rings. The highest BCUT2D eigenvalue weighted by Gasteiger charge is 2.52. The Kier molecular flexibility index (Phi) is 13.2. The molecule has 4 aliphatic carbocycles. The number of nitriles is 4. The highest BCUT2D eigenvalue weighted by atomic mass is 32.1. The van der Waals surface area contributed by atoms with E-state index in [-0.39, 0.29) is 22.7 Å². The number of fused-ring (bicyclic) bond motifs is 9. The molecule has 0 radical (unpaired) electrons. The minimum absolute atomic E-state index is 0.0863. The summed E-state index contributed by atoms with van der Waals surface area (Å²) in [5, 5.41) is 41.5. The van der Waals surface area contributed by atoms with Crippen LogP contribution >= 0.6 is 34.0 Å². The van der Waals surface area contributed by atoms with Gasteiger partial charge in [-0.1, -0.05) is 180 Å². The summed E-state index contributed by atoms with van der Waals surface area (Å²) < 4.78 is 1.14. The molecular formula is C84H50N4O2S3. The molecule has 16 rings (SSSR count). The fourth-order valence-electron chi connectivity index (χ4n) is 14.9. The van der Waals surface area contributed by atoms with Crippen LogP contribution in [0.4, 0.5) is 0 Å². The highest BCUT2D eigenvalue weighted by molar-refractivity contribution is 7.26. The van der Waals surface area contributed by atoms with Crippen molar-refractivity contribution < 1.29 is 9.59 Å². The number of nitrogens with zero attached hydrogens (tertiary/aromatic N) is 4. The summed E-state index contributed by atoms with van der Waals surface area (Å²) in [5.74, 6) is -0.411. The molecule has 0 spiro atoms. The molecule has 0 N–H and O–H groups in total. The number of carbonyl (C=O) groups excluding carboxylic acids is 2. The maximum absolute atomic E-state index is 14.1. The highest BCUT2D eigenvalue weighted by Crippen LogP contribution is 2.64. The van der Waals surface area contributed by atoms with Crippen molar-refractivity contribution in [3.05, 3.63) is 339 Å². The van der Waals surface area contributed by atoms with Crippen LogP contribution in [0, 0.1) is 73.0 Å². The van der Waals surface area contributed by atoms with E-state index in [1.807, 2.05) is 48.6 Å². The number of allylic oxidation sites excluding steroid dienone is 6. The van der Waals surface area contributed by atoms with Crippen LogP contribution in [0.1, 0.15) is 108 Å². The molecule has 0 amide bonds. The second-order valence-electron chi connectivity index (χ2n) is 24.4. The zero-order valence-electron chi connectivity index (χ0n) is 50.8. The first-order valence-electron chi connectivity index (χ1n) is 30.6. The van der Waals surface area contributed by atoms with Crippen molar-refractivity contribution in [3.8, 4) is 66.7 Å². The standard InChI is InChI=1S/C84H50N4O2S3/c1-47-13-22-55(23-14-47)83(56-24-15-48(2)16-25-56)71-36-51(75-33-30-59(91-75)38-69-79(53(43-85)44-86)62-9-5-7-11-64(62)81(69)89)21-32-61(71)67-40-73-68(41-72(67)83)66-35-52-37-78(76-34-31-60(92-76)39-70-80(54(45-87)46-88)63-10-6-8-12-65(63)82(70)90)93-77(52)42-74(66)84(73,57-26-17-49(3)18-27-57)58-28-19-50(4)20-29-58/h5-42H,1-4H3/b69-38-,70-39-. The summed E-state index contributed by atoms with van der Waals surface area (Å²) in [6, 6.07) is 86.3. The lowest BCUT2D eigenvalue weighted by molar-refractivity contribution is 0.103. The Bertz CT molecular complexity index is 5490. The van der Waals surface area contributed by atoms with E-state index < -0.39 is 10.8 Å². The normalized spacial score (nSPS) is 15.1. The predicted molar refractivity (Wildman–Crippen MR) is 376 cm³/mol. The molecule has 436 valence electrons. The van der Waals surface area contributed by atoms with Gasteiger partial charge in [0.25, 0.3) is 0 Å². The summed E-state index contributed by atoms with van der Waals surface area (Å²) in [7, 11) is 0. The summed E-state index contributed by atoms with van der Waals surface area (Å²) in [5.41, 5.74) is 21.5. The van der Waals surface area contributed by atoms with Gasteiger partial charge in [-0.05, 0) is 189 Å². The van der Waals surface area contributed by atoms with Gasteiger partial charge in [-0.3, -0.25) is 9.59 Å². The number of aryl methyl sites for hydroxylation is 4. The number of ketones is 2. The fourth-order valence-corrected chi connectivity index (χ4v) is 17.9. The zero-order valence-corrected chi connectivity index (χ0v) is 53.2. The molecule has 3 heterocycles. The minimum atomic E-state index is -0.801. The van der Waals surface area contributed by atoms with E-state index in [4.69, 9.17) is 0 Å². The molecule has 9 aromatic carbocycles. The molecule has 0 unspecified atom stereocenters. The van der Waals surface area contributed by atoms with Gasteiger partial charge in [-0.15, -0.1) is 34.0 Å². The number of benzene rings is 9. The number of thiophene rings is 3. The largest absolute Gasteiger partial charge is 0.289 e. The van der Waals surface area contributed by atoms with E-state index in [1.54, 1.807) is 70.4 Å². The Labute approximate surface area is 550 Å². The van der Waals surface area contributed by atoms with Gasteiger partial charge in [0.15, 0.2) is 11.6 Å². The van der Waals surface area contributed by atoms with Gasteiger partial charge in [-0.2, -0.15) is 21.0 Å². The van der Waals surface area contributed by atoms with Crippen LogP contribution in [0.3, 0.4) is 0 Å². The molecule has 0 aliphatic heterocycles. The second kappa shape index (κ2) is 21.6. The van der Waals surface area contributed by atoms with Crippen LogP contribution in [-0.2, 0) is 10.8 Å². The van der Waals surface area contributed by atoms with Crippen molar-refractivity contribution in [1.82, 2.24) is 0 Å². The van der Waals surface area contributed by atoms with Crippen LogP contribution in [0.2, 0.25) is 0 Å². The van der Waals surface area contributed by atoms with E-state index in [2.05, 4.69) is 198 Å². The van der Waals surface area contributed by atoms with E-state index in [0.29, 0.717) is 44.5 Å². The summed E-state index contributed by atoms with van der Waals surface area (Å²) in [6.07, 6.45) is 3.67. The lowest BCUT2D eigenvalue weighted by atomic mass is 9.65. The number of carbonyl (C=O) groups is 2. The lowest BCUT2D eigenvalue weighted by Gasteiger charge is -2.36. The molecule has 0 atom stereocenters. The number of Topliss-reactive ketones (excluding diaryl/α,β-unsaturated/α-hetero) is 2. The van der Waals surface area contributed by atoms with Crippen LogP contribution in [0.5, 0.6) is 0 Å². The number of hydrogen-bond acceptors (Lipinski definition) is 9. The summed E-state index contributed by atoms with van der Waals surface area (Å²) in [4.78, 5) is 32.9. The Hall–Kier alpha value is -11.4. The molecule has 9 heteroatoms. The van der Waals surface area contributed by atoms with Gasteiger partial charge >= 0.3 is 0 Å². The third kappa shape index (κ3) is 8.53. The first-order valence-corrected chi connectivity index (χ1v) is 33.0. The third-order valence-corrected chi connectivity index (χ3v) is 22.6. The zero-order chi connectivity index (χ0) is 63.6. The SMILES string of the molecule is Cc1ccc(C2(c3ccc(C)cc3)c3cc(-c4ccc(/C=C5\C(=O)c6ccccc6C5=C(C#N)C#N)s4)ccc3-c3cc4c(cc32)-c2cc3cc(-c5ccc(/C=C6\C(=O)c7ccccc7C6=C(C#N)C#N)s5)sc3cc2C4(c2ccc(C)cc2)c2ccc(C)cc2)cc1. The molecule has 3 aromatic heterocycles. The van der Waals surface area contributed by atoms with Crippen molar-refractivity contribution in [2.24, 2.45) is 0 Å². The predicted octanol–water partition coefficient (Wildman–Crippen LogP) is 20.5. The van der Waals surface area contributed by atoms with Gasteiger partial charge in [0.1, 0.15) is 35.4 Å². The Morgan fingerprint density at radius 3 is 1.19 bits per heavy atom. The second-order valence-corrected chi connectivity index (χ2v) is 27.7. The van der Waals surface area contributed by atoms with Gasteiger partial charge in [0, 0.05) is 62.5 Å². The Morgan fingerprint density at radius 2 is 0.742 bits per heavy atom. The van der Waals surface area contributed by atoms with Crippen LogP contribution < -0.4 is 0 Å². The average molecular weight is 1240 g/mol. The van der Waals surface area contributed by atoms with Crippen molar-refractivity contribution >= 4 is 79.0 Å². The third-order valence-electron chi connectivity index (χ3n) is 19.2. The minimum Gasteiger partial charge on any atom is -0.289 e. The average Bonchev–Trinajstić information content (AvgIpc) is 1.51. The first kappa shape index (κ1) is 56.8. The molecule has 6 nitrogen and oxygen atoms in total. The molecular weight excluding hydrogens is 1190 g/mol. The smallest absolute Gasteiger partial charge is 0.194 e. The molecule has 93 heavy (non-hydrogen) atoms. The summed E-state index contributed by atoms with van der Waals surface area (Å²) >= 11 is 4.91. The number of hydrogen-bond donors (Lipinski definition) is 0. The van der Waals surface area contributed by atoms with Crippen molar-refractivity contribution in [2.75, 3.05) is 0 Å². The van der Waals surface area contributed by atoms with Crippen molar-refractivity contribution in [3.63, 3.8) is 0 Å². The molecule has 0 bridgehead atoms. The number of rotatable bonds is 8. The molecule has 0 fully saturated rings. The van der Waals surface area contributed by atoms with Crippen molar-refractivity contribution in [2.45, 2.75) is 38.5 Å². The molecule has 0 saturated heterocycles. The monoisotopic (exact) mass is 1240 g/mol. The van der Waals surface area contributed by atoms with Gasteiger partial charge in [-0.25, -0.2) is 0 Å². The van der Waals surface area contributed by atoms with E-state index in [9.17, 15) is 30.6 Å². The quantitative estimate of drug-likeness (QED) is 0.110. The summed E-state index contributed by atoms with van der Waals surface area (Å²) in [6.45, 7) is 8.56. The van der Waals surface area contributed by atoms with E-state index in [1.165, 1.54) is 38.9 Å². The topological polar surface area (TPSA) is 129 Å².